The van der Waals surface area contributed by atoms with Gasteiger partial charge in [-0.05, 0) is 51.4 Å². The molecule has 4 unspecified atom stereocenters. The van der Waals surface area contributed by atoms with Crippen molar-refractivity contribution in [2.75, 3.05) is 0 Å². The number of ether oxygens (including phenoxy) is 1. The van der Waals surface area contributed by atoms with E-state index in [1.807, 2.05) is 0 Å². The summed E-state index contributed by atoms with van der Waals surface area (Å²) in [5.41, 5.74) is -0.0601. The standard InChI is InChI=1S/C14H23NO/c1-3-12-6-7-14(8-12,10-15)9-13-5-4-11(2)16-13/h11-13H,3-9H2,1-2H3. The Hall–Kier alpha value is -0.550. The van der Waals surface area contributed by atoms with Gasteiger partial charge in [0.15, 0.2) is 0 Å². The van der Waals surface area contributed by atoms with Crippen molar-refractivity contribution < 1.29 is 4.74 Å². The van der Waals surface area contributed by atoms with Crippen LogP contribution in [-0.4, -0.2) is 12.2 Å². The van der Waals surface area contributed by atoms with E-state index in [2.05, 4.69) is 19.9 Å². The maximum atomic E-state index is 9.45. The van der Waals surface area contributed by atoms with Gasteiger partial charge in [0.05, 0.1) is 23.7 Å². The first-order chi connectivity index (χ1) is 7.67. The van der Waals surface area contributed by atoms with Gasteiger partial charge in [0.1, 0.15) is 0 Å². The molecule has 0 spiro atoms. The third-order valence-corrected chi connectivity index (χ3v) is 4.46. The molecule has 1 aliphatic heterocycles. The summed E-state index contributed by atoms with van der Waals surface area (Å²) >= 11 is 0. The number of hydrogen-bond donors (Lipinski definition) is 0. The zero-order valence-corrected chi connectivity index (χ0v) is 10.5. The lowest BCUT2D eigenvalue weighted by Crippen LogP contribution is -2.23. The molecule has 0 N–H and O–H groups in total. The lowest BCUT2D eigenvalue weighted by atomic mass is 9.80. The molecule has 0 aromatic rings. The normalized spacial score (nSPS) is 43.4. The van der Waals surface area contributed by atoms with E-state index in [0.717, 1.165) is 31.6 Å². The zero-order chi connectivity index (χ0) is 11.6. The predicted octanol–water partition coefficient (Wildman–Crippen LogP) is 3.66. The minimum absolute atomic E-state index is 0.0601. The summed E-state index contributed by atoms with van der Waals surface area (Å²) in [7, 11) is 0. The topological polar surface area (TPSA) is 33.0 Å². The van der Waals surface area contributed by atoms with Crippen LogP contribution in [0.1, 0.15) is 58.8 Å². The highest BCUT2D eigenvalue weighted by Crippen LogP contribution is 2.47. The molecule has 1 heterocycles. The van der Waals surface area contributed by atoms with E-state index in [-0.39, 0.29) is 5.41 Å². The van der Waals surface area contributed by atoms with Gasteiger partial charge in [-0.2, -0.15) is 5.26 Å². The van der Waals surface area contributed by atoms with E-state index in [1.54, 1.807) is 0 Å². The van der Waals surface area contributed by atoms with Crippen molar-refractivity contribution in [1.29, 1.82) is 5.26 Å². The van der Waals surface area contributed by atoms with Crippen molar-refractivity contribution in [1.82, 2.24) is 0 Å². The molecule has 16 heavy (non-hydrogen) atoms. The van der Waals surface area contributed by atoms with E-state index >= 15 is 0 Å². The molecule has 2 aliphatic rings. The monoisotopic (exact) mass is 221 g/mol. The smallest absolute Gasteiger partial charge is 0.0690 e. The lowest BCUT2D eigenvalue weighted by molar-refractivity contribution is 0.0320. The fraction of sp³-hybridized carbons (Fsp3) is 0.929. The van der Waals surface area contributed by atoms with Crippen LogP contribution in [0.25, 0.3) is 0 Å². The minimum Gasteiger partial charge on any atom is -0.375 e. The zero-order valence-electron chi connectivity index (χ0n) is 10.5. The van der Waals surface area contributed by atoms with E-state index in [9.17, 15) is 5.26 Å². The second kappa shape index (κ2) is 4.75. The second-order valence-electron chi connectivity index (χ2n) is 5.76. The highest BCUT2D eigenvalue weighted by molar-refractivity contribution is 5.05. The molecule has 0 amide bonds. The van der Waals surface area contributed by atoms with Crippen LogP contribution in [0.15, 0.2) is 0 Å². The Kier molecular flexibility index (Phi) is 3.54. The molecule has 0 radical (unpaired) electrons. The fourth-order valence-corrected chi connectivity index (χ4v) is 3.39. The highest BCUT2D eigenvalue weighted by atomic mass is 16.5. The first-order valence-corrected chi connectivity index (χ1v) is 6.74. The summed E-state index contributed by atoms with van der Waals surface area (Å²) < 4.78 is 5.87. The number of nitrogens with zero attached hydrogens (tertiary/aromatic N) is 1. The molecule has 0 bridgehead atoms. The van der Waals surface area contributed by atoms with Gasteiger partial charge in [-0.15, -0.1) is 0 Å². The van der Waals surface area contributed by atoms with Crippen molar-refractivity contribution >= 4 is 0 Å². The molecule has 4 atom stereocenters. The molecule has 2 nitrogen and oxygen atoms in total. The minimum atomic E-state index is -0.0601. The fourth-order valence-electron chi connectivity index (χ4n) is 3.39. The summed E-state index contributed by atoms with van der Waals surface area (Å²) in [4.78, 5) is 0. The first kappa shape index (κ1) is 11.9. The van der Waals surface area contributed by atoms with E-state index in [0.29, 0.717) is 12.2 Å². The summed E-state index contributed by atoms with van der Waals surface area (Å²) in [5, 5.41) is 9.45. The first-order valence-electron chi connectivity index (χ1n) is 6.74. The lowest BCUT2D eigenvalue weighted by Gasteiger charge is -2.24. The van der Waals surface area contributed by atoms with Crippen molar-refractivity contribution in [3.8, 4) is 6.07 Å². The van der Waals surface area contributed by atoms with Crippen LogP contribution in [-0.2, 0) is 4.74 Å². The maximum absolute atomic E-state index is 9.45. The molecule has 1 saturated heterocycles. The van der Waals surface area contributed by atoms with E-state index in [4.69, 9.17) is 4.74 Å². The Morgan fingerprint density at radius 2 is 2.19 bits per heavy atom. The summed E-state index contributed by atoms with van der Waals surface area (Å²) in [6.07, 6.45) is 8.73. The van der Waals surface area contributed by atoms with Crippen LogP contribution >= 0.6 is 0 Å². The van der Waals surface area contributed by atoms with Gasteiger partial charge in [-0.25, -0.2) is 0 Å². The molecule has 2 fully saturated rings. The van der Waals surface area contributed by atoms with Gasteiger partial charge in [0, 0.05) is 0 Å². The third-order valence-electron chi connectivity index (χ3n) is 4.46. The van der Waals surface area contributed by atoms with Crippen molar-refractivity contribution in [2.24, 2.45) is 11.3 Å². The molecule has 2 heteroatoms. The van der Waals surface area contributed by atoms with Crippen LogP contribution in [0.4, 0.5) is 0 Å². The van der Waals surface area contributed by atoms with Crippen LogP contribution in [0.2, 0.25) is 0 Å². The van der Waals surface area contributed by atoms with Crippen LogP contribution in [0.5, 0.6) is 0 Å². The van der Waals surface area contributed by atoms with E-state index < -0.39 is 0 Å². The molecule has 2 rings (SSSR count). The Bertz CT molecular complexity index is 283. The molecular formula is C14H23NO. The summed E-state index contributed by atoms with van der Waals surface area (Å²) in [5.74, 6) is 0.776. The van der Waals surface area contributed by atoms with Gasteiger partial charge < -0.3 is 4.74 Å². The Morgan fingerprint density at radius 3 is 2.69 bits per heavy atom. The maximum Gasteiger partial charge on any atom is 0.0690 e. The van der Waals surface area contributed by atoms with Crippen molar-refractivity contribution in [3.63, 3.8) is 0 Å². The Morgan fingerprint density at radius 1 is 1.38 bits per heavy atom. The summed E-state index contributed by atoms with van der Waals surface area (Å²) in [6, 6.07) is 2.60. The Labute approximate surface area is 99.0 Å². The van der Waals surface area contributed by atoms with Gasteiger partial charge in [0.2, 0.25) is 0 Å². The SMILES string of the molecule is CCC1CCC(C#N)(CC2CCC(C)O2)C1. The Balaban J connectivity index is 1.93. The van der Waals surface area contributed by atoms with E-state index in [1.165, 1.54) is 19.3 Å². The molecule has 1 saturated carbocycles. The number of rotatable bonds is 3. The summed E-state index contributed by atoms with van der Waals surface area (Å²) in [6.45, 7) is 4.38. The van der Waals surface area contributed by atoms with Gasteiger partial charge in [-0.1, -0.05) is 13.3 Å². The molecule has 90 valence electrons. The predicted molar refractivity (Wildman–Crippen MR) is 63.9 cm³/mol. The third kappa shape index (κ3) is 2.40. The van der Waals surface area contributed by atoms with Crippen LogP contribution < -0.4 is 0 Å². The quantitative estimate of drug-likeness (QED) is 0.728. The number of nitriles is 1. The average Bonchev–Trinajstić information content (AvgIpc) is 2.87. The molecule has 0 aromatic heterocycles. The second-order valence-corrected chi connectivity index (χ2v) is 5.76. The number of hydrogen-bond acceptors (Lipinski definition) is 2. The highest BCUT2D eigenvalue weighted by Gasteiger charge is 2.41. The largest absolute Gasteiger partial charge is 0.375 e. The van der Waals surface area contributed by atoms with Gasteiger partial charge in [0.25, 0.3) is 0 Å². The molecular weight excluding hydrogens is 198 g/mol. The van der Waals surface area contributed by atoms with Gasteiger partial charge >= 0.3 is 0 Å². The van der Waals surface area contributed by atoms with Crippen LogP contribution in [0, 0.1) is 22.7 Å². The average molecular weight is 221 g/mol. The molecule has 0 aromatic carbocycles. The van der Waals surface area contributed by atoms with Crippen molar-refractivity contribution in [3.05, 3.63) is 0 Å². The van der Waals surface area contributed by atoms with Crippen LogP contribution in [0.3, 0.4) is 0 Å². The molecule has 1 aliphatic carbocycles. The van der Waals surface area contributed by atoms with Gasteiger partial charge in [-0.3, -0.25) is 0 Å². The van der Waals surface area contributed by atoms with Crippen molar-refractivity contribution in [2.45, 2.75) is 71.0 Å².